The maximum absolute atomic E-state index is 13.4. The Hall–Kier alpha value is -3.54. The summed E-state index contributed by atoms with van der Waals surface area (Å²) in [5, 5.41) is 33.5. The van der Waals surface area contributed by atoms with Crippen molar-refractivity contribution in [2.24, 2.45) is 23.7 Å². The van der Waals surface area contributed by atoms with Gasteiger partial charge in [-0.2, -0.15) is 0 Å². The lowest BCUT2D eigenvalue weighted by atomic mass is 9.84. The van der Waals surface area contributed by atoms with Crippen LogP contribution in [-0.2, 0) is 33.5 Å². The number of unbranched alkanes of at least 4 members (excludes halogenated alkanes) is 18. The molecule has 4 atom stereocenters. The van der Waals surface area contributed by atoms with Gasteiger partial charge in [0, 0.05) is 38.9 Å². The summed E-state index contributed by atoms with van der Waals surface area (Å²) >= 11 is 0. The van der Waals surface area contributed by atoms with Crippen LogP contribution in [0.15, 0.2) is 24.3 Å². The molecule has 0 rings (SSSR count). The average molecular weight is 849 g/mol. The third kappa shape index (κ3) is 34.2. The van der Waals surface area contributed by atoms with E-state index in [1.54, 1.807) is 0 Å². The number of ether oxygens (including phenoxy) is 1. The molecule has 0 saturated heterocycles. The summed E-state index contributed by atoms with van der Waals surface area (Å²) in [5.41, 5.74) is 0. The third-order valence-electron chi connectivity index (χ3n) is 11.1. The molecule has 0 aliphatic rings. The molecule has 0 aliphatic carbocycles. The van der Waals surface area contributed by atoms with E-state index >= 15 is 0 Å². The van der Waals surface area contributed by atoms with E-state index in [4.69, 9.17) is 14.9 Å². The molecule has 346 valence electrons. The molecule has 4 unspecified atom stereocenters. The molecule has 0 aromatic rings. The van der Waals surface area contributed by atoms with Gasteiger partial charge in [-0.15, -0.1) is 0 Å². The molecular formula is C48H84N2O10. The molecule has 0 spiro atoms. The van der Waals surface area contributed by atoms with Gasteiger partial charge in [0.05, 0.1) is 18.3 Å². The van der Waals surface area contributed by atoms with Gasteiger partial charge in [-0.1, -0.05) is 141 Å². The van der Waals surface area contributed by atoms with E-state index in [1.165, 1.54) is 32.1 Å². The molecule has 0 fully saturated rings. The summed E-state index contributed by atoms with van der Waals surface area (Å²) in [4.78, 5) is 71.9. The number of carbonyl (C=O) groups excluding carboxylic acids is 3. The minimum absolute atomic E-state index is 0.0828. The summed E-state index contributed by atoms with van der Waals surface area (Å²) in [6.07, 6.45) is 32.4. The second-order valence-corrected chi connectivity index (χ2v) is 16.4. The van der Waals surface area contributed by atoms with E-state index in [2.05, 4.69) is 36.6 Å². The van der Waals surface area contributed by atoms with Crippen LogP contribution in [0.25, 0.3) is 0 Å². The van der Waals surface area contributed by atoms with Crippen molar-refractivity contribution in [3.8, 4) is 0 Å². The first-order valence-corrected chi connectivity index (χ1v) is 23.6. The van der Waals surface area contributed by atoms with Crippen molar-refractivity contribution in [1.29, 1.82) is 0 Å². The van der Waals surface area contributed by atoms with Gasteiger partial charge in [-0.25, -0.2) is 0 Å². The third-order valence-corrected chi connectivity index (χ3v) is 11.1. The van der Waals surface area contributed by atoms with Gasteiger partial charge in [-0.05, 0) is 63.2 Å². The van der Waals surface area contributed by atoms with Gasteiger partial charge in [0.25, 0.3) is 0 Å². The van der Waals surface area contributed by atoms with Crippen molar-refractivity contribution in [3.63, 3.8) is 0 Å². The van der Waals surface area contributed by atoms with E-state index in [-0.39, 0.29) is 56.6 Å². The Bertz CT molecular complexity index is 1190. The second-order valence-electron chi connectivity index (χ2n) is 16.4. The highest BCUT2D eigenvalue weighted by molar-refractivity contribution is 5.83. The Morgan fingerprint density at radius 2 is 1.02 bits per heavy atom. The summed E-state index contributed by atoms with van der Waals surface area (Å²) in [6.45, 7) is 5.51. The van der Waals surface area contributed by atoms with Crippen molar-refractivity contribution in [1.82, 2.24) is 10.6 Å². The average Bonchev–Trinajstić information content (AvgIpc) is 3.21. The number of hydrogen-bond acceptors (Lipinski definition) is 8. The minimum atomic E-state index is -1.02. The monoisotopic (exact) mass is 849 g/mol. The van der Waals surface area contributed by atoms with Gasteiger partial charge in [0.1, 0.15) is 12.9 Å². The van der Waals surface area contributed by atoms with Crippen molar-refractivity contribution in [3.05, 3.63) is 24.3 Å². The number of hydrogen-bond donors (Lipinski definition) is 5. The molecule has 0 saturated carbocycles. The zero-order chi connectivity index (χ0) is 44.5. The van der Waals surface area contributed by atoms with Crippen LogP contribution in [0, 0.1) is 23.7 Å². The van der Waals surface area contributed by atoms with E-state index in [9.17, 15) is 33.9 Å². The SMILES string of the molecule is CCCCCCCCC(/C=C\CCCCCCC(=O)O)C(CC(=O)O)C(=O)NCCNCCOC(=O)C(CC=O)C(/C=C\CCCCCCC(=O)O)CCCCCCCC. The number of carboxylic acid groups (broad SMARTS) is 3. The van der Waals surface area contributed by atoms with Crippen LogP contribution < -0.4 is 10.6 Å². The first-order valence-electron chi connectivity index (χ1n) is 23.6. The summed E-state index contributed by atoms with van der Waals surface area (Å²) in [5.74, 6) is -4.86. The highest BCUT2D eigenvalue weighted by atomic mass is 16.5. The van der Waals surface area contributed by atoms with Gasteiger partial charge < -0.3 is 35.5 Å². The number of carbonyl (C=O) groups is 6. The van der Waals surface area contributed by atoms with Crippen LogP contribution in [0.5, 0.6) is 0 Å². The summed E-state index contributed by atoms with van der Waals surface area (Å²) < 4.78 is 5.66. The Morgan fingerprint density at radius 1 is 0.550 bits per heavy atom. The zero-order valence-electron chi connectivity index (χ0n) is 37.5. The normalized spacial score (nSPS) is 13.6. The molecule has 0 heterocycles. The Balaban J connectivity index is 5.18. The number of carboxylic acids is 3. The fourth-order valence-corrected chi connectivity index (χ4v) is 7.55. The van der Waals surface area contributed by atoms with Crippen molar-refractivity contribution in [2.45, 2.75) is 194 Å². The van der Waals surface area contributed by atoms with E-state index in [1.807, 2.05) is 12.2 Å². The number of esters is 1. The lowest BCUT2D eigenvalue weighted by Gasteiger charge is -2.23. The van der Waals surface area contributed by atoms with Gasteiger partial charge in [0.2, 0.25) is 5.91 Å². The van der Waals surface area contributed by atoms with Crippen molar-refractivity contribution < 1.29 is 48.8 Å². The van der Waals surface area contributed by atoms with Crippen LogP contribution in [0.4, 0.5) is 0 Å². The Kier molecular flexibility index (Phi) is 38.4. The number of nitrogens with one attached hydrogen (secondary N) is 2. The zero-order valence-corrected chi connectivity index (χ0v) is 37.5. The number of aldehydes is 1. The minimum Gasteiger partial charge on any atom is -0.481 e. The molecule has 1 amide bonds. The number of aliphatic carboxylic acids is 3. The molecule has 12 heteroatoms. The molecule has 12 nitrogen and oxygen atoms in total. The molecule has 0 aliphatic heterocycles. The highest BCUT2D eigenvalue weighted by Gasteiger charge is 2.29. The maximum atomic E-state index is 13.4. The largest absolute Gasteiger partial charge is 0.481 e. The number of rotatable bonds is 44. The second kappa shape index (κ2) is 40.8. The first kappa shape index (κ1) is 56.5. The van der Waals surface area contributed by atoms with Gasteiger partial charge >= 0.3 is 23.9 Å². The predicted octanol–water partition coefficient (Wildman–Crippen LogP) is 10.2. The molecule has 0 bridgehead atoms. The van der Waals surface area contributed by atoms with Gasteiger partial charge in [0.15, 0.2) is 0 Å². The van der Waals surface area contributed by atoms with Crippen LogP contribution in [-0.4, -0.2) is 77.6 Å². The fraction of sp³-hybridized carbons (Fsp3) is 0.792. The van der Waals surface area contributed by atoms with Crippen LogP contribution in [0.2, 0.25) is 0 Å². The summed E-state index contributed by atoms with van der Waals surface area (Å²) in [6, 6.07) is 0. The molecule has 0 aromatic heterocycles. The Labute approximate surface area is 362 Å². The summed E-state index contributed by atoms with van der Waals surface area (Å²) in [7, 11) is 0. The molecule has 0 aromatic carbocycles. The van der Waals surface area contributed by atoms with Gasteiger partial charge in [-0.3, -0.25) is 24.0 Å². The molecule has 0 radical (unpaired) electrons. The lowest BCUT2D eigenvalue weighted by molar-refractivity contribution is -0.151. The first-order chi connectivity index (χ1) is 29.1. The Morgan fingerprint density at radius 3 is 1.50 bits per heavy atom. The van der Waals surface area contributed by atoms with Crippen molar-refractivity contribution >= 4 is 36.1 Å². The highest BCUT2D eigenvalue weighted by Crippen LogP contribution is 2.27. The van der Waals surface area contributed by atoms with E-state index < -0.39 is 35.7 Å². The quantitative estimate of drug-likeness (QED) is 0.0169. The fourth-order valence-electron chi connectivity index (χ4n) is 7.55. The lowest BCUT2D eigenvalue weighted by Crippen LogP contribution is -2.40. The molecule has 5 N–H and O–H groups in total. The van der Waals surface area contributed by atoms with E-state index in [0.29, 0.717) is 25.9 Å². The molecular weight excluding hydrogens is 765 g/mol. The van der Waals surface area contributed by atoms with Crippen LogP contribution in [0.1, 0.15) is 194 Å². The van der Waals surface area contributed by atoms with Crippen LogP contribution in [0.3, 0.4) is 0 Å². The predicted molar refractivity (Wildman–Crippen MR) is 239 cm³/mol. The van der Waals surface area contributed by atoms with Crippen molar-refractivity contribution in [2.75, 3.05) is 26.2 Å². The topological polar surface area (TPSA) is 196 Å². The molecule has 60 heavy (non-hydrogen) atoms. The van der Waals surface area contributed by atoms with Crippen LogP contribution >= 0.6 is 0 Å². The number of amides is 1. The smallest absolute Gasteiger partial charge is 0.310 e. The van der Waals surface area contributed by atoms with E-state index in [0.717, 1.165) is 115 Å². The number of allylic oxidation sites excluding steroid dienone is 4. The maximum Gasteiger partial charge on any atom is 0.310 e. The standard InChI is InChI=1S/C48H84N2O10/c1-3-5-7-9-15-21-27-40(28-22-17-11-13-19-25-31-44(52)53)42(33-37-51)48(59)60-38-36-49-34-35-50-47(58)43(39-46(56)57)41(29-23-16-10-8-6-4-2)30-24-18-12-14-20-26-32-45(54)55/h22,24,28,30,37,40-43,49H,3-21,23,25-27,29,31-36,38-39H2,1-2H3,(H,50,58)(H,52,53)(H,54,55)(H,56,57)/b28-22-,30-24-.